The van der Waals surface area contributed by atoms with E-state index in [0.29, 0.717) is 10.3 Å². The predicted octanol–water partition coefficient (Wildman–Crippen LogP) is 4.91. The molecule has 0 N–H and O–H groups in total. The number of aromatic nitrogens is 2. The maximum Gasteiger partial charge on any atom is 0.141 e. The molecule has 2 nitrogen and oxygen atoms in total. The SMILES string of the molecule is CCCc1c(Cl)nc(CSC2CCCC2)nc1Cl. The molecule has 0 bridgehead atoms. The molecule has 1 saturated carbocycles. The first-order valence-corrected chi connectivity index (χ1v) is 8.33. The predicted molar refractivity (Wildman–Crippen MR) is 79.6 cm³/mol. The van der Waals surface area contributed by atoms with Gasteiger partial charge in [0.25, 0.3) is 0 Å². The normalized spacial score (nSPS) is 16.4. The molecule has 1 aromatic heterocycles. The molecule has 0 saturated heterocycles. The van der Waals surface area contributed by atoms with Crippen LogP contribution in [0.15, 0.2) is 0 Å². The summed E-state index contributed by atoms with van der Waals surface area (Å²) in [5.41, 5.74) is 0.885. The summed E-state index contributed by atoms with van der Waals surface area (Å²) in [7, 11) is 0. The average Bonchev–Trinajstić information content (AvgIpc) is 2.84. The highest BCUT2D eigenvalue weighted by atomic mass is 35.5. The quantitative estimate of drug-likeness (QED) is 0.723. The summed E-state index contributed by atoms with van der Waals surface area (Å²) < 4.78 is 0. The summed E-state index contributed by atoms with van der Waals surface area (Å²) in [6.07, 6.45) is 7.19. The molecule has 1 aromatic rings. The smallest absolute Gasteiger partial charge is 0.141 e. The van der Waals surface area contributed by atoms with E-state index in [4.69, 9.17) is 23.2 Å². The van der Waals surface area contributed by atoms with Crippen LogP contribution in [-0.4, -0.2) is 15.2 Å². The molecular weight excluding hydrogens is 287 g/mol. The monoisotopic (exact) mass is 304 g/mol. The number of hydrogen-bond acceptors (Lipinski definition) is 3. The molecule has 1 fully saturated rings. The highest BCUT2D eigenvalue weighted by Gasteiger charge is 2.17. The number of hydrogen-bond donors (Lipinski definition) is 0. The van der Waals surface area contributed by atoms with Gasteiger partial charge in [-0.05, 0) is 19.3 Å². The molecule has 100 valence electrons. The van der Waals surface area contributed by atoms with Crippen LogP contribution < -0.4 is 0 Å². The molecule has 2 rings (SSSR count). The first-order valence-electron chi connectivity index (χ1n) is 6.53. The molecule has 0 amide bonds. The van der Waals surface area contributed by atoms with Gasteiger partial charge in [0.1, 0.15) is 16.1 Å². The van der Waals surface area contributed by atoms with E-state index in [9.17, 15) is 0 Å². The lowest BCUT2D eigenvalue weighted by molar-refractivity contribution is 0.882. The van der Waals surface area contributed by atoms with Crippen molar-refractivity contribution in [1.82, 2.24) is 9.97 Å². The second-order valence-corrected chi connectivity index (χ2v) is 6.67. The molecule has 0 unspecified atom stereocenters. The number of thioether (sulfide) groups is 1. The van der Waals surface area contributed by atoms with Crippen LogP contribution in [0.2, 0.25) is 10.3 Å². The highest BCUT2D eigenvalue weighted by Crippen LogP contribution is 2.32. The van der Waals surface area contributed by atoms with Gasteiger partial charge in [0.2, 0.25) is 0 Å². The van der Waals surface area contributed by atoms with Crippen LogP contribution in [0.25, 0.3) is 0 Å². The van der Waals surface area contributed by atoms with Crippen molar-refractivity contribution in [2.75, 3.05) is 0 Å². The van der Waals surface area contributed by atoms with E-state index in [1.807, 2.05) is 11.8 Å². The Morgan fingerprint density at radius 2 is 1.78 bits per heavy atom. The van der Waals surface area contributed by atoms with Crippen molar-refractivity contribution < 1.29 is 0 Å². The van der Waals surface area contributed by atoms with Crippen LogP contribution in [0.4, 0.5) is 0 Å². The van der Waals surface area contributed by atoms with Crippen molar-refractivity contribution in [2.24, 2.45) is 0 Å². The van der Waals surface area contributed by atoms with Crippen LogP contribution in [-0.2, 0) is 12.2 Å². The van der Waals surface area contributed by atoms with Crippen molar-refractivity contribution in [3.05, 3.63) is 21.7 Å². The third kappa shape index (κ3) is 3.75. The minimum absolute atomic E-state index is 0.527. The second kappa shape index (κ2) is 6.97. The van der Waals surface area contributed by atoms with Crippen molar-refractivity contribution >= 4 is 35.0 Å². The van der Waals surface area contributed by atoms with Gasteiger partial charge in [-0.25, -0.2) is 9.97 Å². The van der Waals surface area contributed by atoms with Crippen molar-refractivity contribution in [1.29, 1.82) is 0 Å². The van der Waals surface area contributed by atoms with Crippen LogP contribution in [0.5, 0.6) is 0 Å². The van der Waals surface area contributed by atoms with E-state index in [0.717, 1.165) is 35.2 Å². The second-order valence-electron chi connectivity index (χ2n) is 4.67. The van der Waals surface area contributed by atoms with Gasteiger partial charge in [-0.1, -0.05) is 49.4 Å². The molecule has 18 heavy (non-hydrogen) atoms. The Labute approximate surface area is 123 Å². The molecule has 1 aliphatic rings. The minimum atomic E-state index is 0.527. The third-order valence-electron chi connectivity index (χ3n) is 3.20. The molecule has 0 atom stereocenters. The van der Waals surface area contributed by atoms with E-state index in [-0.39, 0.29) is 0 Å². The summed E-state index contributed by atoms with van der Waals surface area (Å²) in [5, 5.41) is 1.82. The molecule has 5 heteroatoms. The lowest BCUT2D eigenvalue weighted by atomic mass is 10.2. The molecular formula is C13H18Cl2N2S. The van der Waals surface area contributed by atoms with Crippen molar-refractivity contribution in [2.45, 2.75) is 56.5 Å². The lowest BCUT2D eigenvalue weighted by Crippen LogP contribution is -2.02. The highest BCUT2D eigenvalue weighted by molar-refractivity contribution is 7.99. The Kier molecular flexibility index (Phi) is 5.58. The zero-order valence-corrected chi connectivity index (χ0v) is 12.9. The number of rotatable bonds is 5. The molecule has 0 aromatic carbocycles. The van der Waals surface area contributed by atoms with Crippen LogP contribution >= 0.6 is 35.0 Å². The van der Waals surface area contributed by atoms with Gasteiger partial charge < -0.3 is 0 Å². The zero-order chi connectivity index (χ0) is 13.0. The van der Waals surface area contributed by atoms with Crippen LogP contribution in [0, 0.1) is 0 Å². The maximum atomic E-state index is 6.16. The Morgan fingerprint density at radius 3 is 2.33 bits per heavy atom. The topological polar surface area (TPSA) is 25.8 Å². The van der Waals surface area contributed by atoms with Crippen LogP contribution in [0.1, 0.15) is 50.4 Å². The standard InChI is InChI=1S/C13H18Cl2N2S/c1-2-5-10-12(14)16-11(17-13(10)15)8-18-9-6-3-4-7-9/h9H,2-8H2,1H3. The first kappa shape index (κ1) is 14.4. The Hall–Kier alpha value is 0.01000. The molecule has 0 spiro atoms. The Morgan fingerprint density at radius 1 is 1.17 bits per heavy atom. The fourth-order valence-electron chi connectivity index (χ4n) is 2.24. The fraction of sp³-hybridized carbons (Fsp3) is 0.692. The van der Waals surface area contributed by atoms with Crippen LogP contribution in [0.3, 0.4) is 0 Å². The van der Waals surface area contributed by atoms with Crippen molar-refractivity contribution in [3.8, 4) is 0 Å². The summed E-state index contributed by atoms with van der Waals surface area (Å²) in [5.74, 6) is 1.58. The van der Waals surface area contributed by atoms with E-state index in [2.05, 4.69) is 16.9 Å². The molecule has 1 aliphatic carbocycles. The lowest BCUT2D eigenvalue weighted by Gasteiger charge is -2.10. The van der Waals surface area contributed by atoms with E-state index in [1.165, 1.54) is 25.7 Å². The Bertz CT molecular complexity index is 383. The first-order chi connectivity index (χ1) is 8.70. The largest absolute Gasteiger partial charge is 0.220 e. The van der Waals surface area contributed by atoms with E-state index >= 15 is 0 Å². The molecule has 0 radical (unpaired) electrons. The average molecular weight is 305 g/mol. The summed E-state index contributed by atoms with van der Waals surface area (Å²) in [6, 6.07) is 0. The van der Waals surface area contributed by atoms with Crippen molar-refractivity contribution in [3.63, 3.8) is 0 Å². The zero-order valence-electron chi connectivity index (χ0n) is 10.6. The Balaban J connectivity index is 2.00. The van der Waals surface area contributed by atoms with E-state index in [1.54, 1.807) is 0 Å². The van der Waals surface area contributed by atoms with Gasteiger partial charge >= 0.3 is 0 Å². The molecule has 1 heterocycles. The summed E-state index contributed by atoms with van der Waals surface area (Å²) >= 11 is 14.3. The summed E-state index contributed by atoms with van der Waals surface area (Å²) in [4.78, 5) is 8.73. The van der Waals surface area contributed by atoms with Gasteiger partial charge in [0.05, 0.1) is 5.75 Å². The number of halogens is 2. The number of nitrogens with zero attached hydrogens (tertiary/aromatic N) is 2. The third-order valence-corrected chi connectivity index (χ3v) is 5.20. The van der Waals surface area contributed by atoms with Gasteiger partial charge in [0.15, 0.2) is 0 Å². The summed E-state index contributed by atoms with van der Waals surface area (Å²) in [6.45, 7) is 2.09. The minimum Gasteiger partial charge on any atom is -0.220 e. The fourth-order valence-corrected chi connectivity index (χ4v) is 4.03. The van der Waals surface area contributed by atoms with Gasteiger partial charge in [-0.3, -0.25) is 0 Å². The van der Waals surface area contributed by atoms with Gasteiger partial charge in [0, 0.05) is 10.8 Å². The van der Waals surface area contributed by atoms with E-state index < -0.39 is 0 Å². The molecule has 0 aliphatic heterocycles. The van der Waals surface area contributed by atoms with Gasteiger partial charge in [-0.2, -0.15) is 11.8 Å². The van der Waals surface area contributed by atoms with Gasteiger partial charge in [-0.15, -0.1) is 0 Å². The maximum absolute atomic E-state index is 6.16.